The molecule has 0 aromatic carbocycles. The molecular weight excluding hydrogens is 266 g/mol. The lowest BCUT2D eigenvalue weighted by Gasteiger charge is -2.54. The van der Waals surface area contributed by atoms with Gasteiger partial charge in [-0.3, -0.25) is 4.79 Å². The summed E-state index contributed by atoms with van der Waals surface area (Å²) in [7, 11) is 0. The first-order chi connectivity index (χ1) is 10.1. The quantitative estimate of drug-likeness (QED) is 0.643. The average molecular weight is 291 g/mol. The van der Waals surface area contributed by atoms with Gasteiger partial charge in [-0.2, -0.15) is 0 Å². The second-order valence-electron chi connectivity index (χ2n) is 8.01. The van der Waals surface area contributed by atoms with E-state index in [1.54, 1.807) is 6.92 Å². The Bertz CT molecular complexity index is 484. The molecule has 5 atom stereocenters. The summed E-state index contributed by atoms with van der Waals surface area (Å²) in [5.74, 6) is 0.848. The zero-order valence-electron chi connectivity index (χ0n) is 12.8. The van der Waals surface area contributed by atoms with Crippen molar-refractivity contribution in [3.8, 4) is 0 Å². The first kappa shape index (κ1) is 12.9. The van der Waals surface area contributed by atoms with Crippen LogP contribution < -0.4 is 0 Å². The van der Waals surface area contributed by atoms with Crippen LogP contribution in [0.5, 0.6) is 0 Å². The van der Waals surface area contributed by atoms with Gasteiger partial charge in [-0.1, -0.05) is 25.7 Å². The molecule has 2 bridgehead atoms. The zero-order chi connectivity index (χ0) is 14.2. The molecule has 5 fully saturated rings. The van der Waals surface area contributed by atoms with Crippen LogP contribution in [0.3, 0.4) is 0 Å². The van der Waals surface area contributed by atoms with Crippen molar-refractivity contribution in [2.75, 3.05) is 6.54 Å². The summed E-state index contributed by atoms with van der Waals surface area (Å²) in [6.45, 7) is 2.53. The minimum atomic E-state index is -0.154. The molecule has 4 nitrogen and oxygen atoms in total. The van der Waals surface area contributed by atoms with Crippen LogP contribution in [0.2, 0.25) is 0 Å². The highest BCUT2D eigenvalue weighted by Gasteiger charge is 2.76. The fourth-order valence-corrected chi connectivity index (χ4v) is 6.01. The van der Waals surface area contributed by atoms with Gasteiger partial charge >= 0.3 is 0 Å². The maximum absolute atomic E-state index is 12.4. The molecule has 4 heterocycles. The number of carbonyl (C=O) groups excluding carboxylic acids is 1. The van der Waals surface area contributed by atoms with Crippen LogP contribution >= 0.6 is 0 Å². The van der Waals surface area contributed by atoms with E-state index in [0.717, 1.165) is 19.4 Å². The monoisotopic (exact) mass is 291 g/mol. The summed E-state index contributed by atoms with van der Waals surface area (Å²) < 4.78 is 12.2. The van der Waals surface area contributed by atoms with Gasteiger partial charge in [0.2, 0.25) is 5.91 Å². The molecule has 0 radical (unpaired) electrons. The van der Waals surface area contributed by atoms with Crippen LogP contribution in [0.4, 0.5) is 0 Å². The number of fused-ring (bicyclic) bond motifs is 3. The summed E-state index contributed by atoms with van der Waals surface area (Å²) in [6.07, 6.45) is 10.8. The summed E-state index contributed by atoms with van der Waals surface area (Å²) in [5, 5.41) is 0. The van der Waals surface area contributed by atoms with Gasteiger partial charge in [-0.05, 0) is 31.6 Å². The number of epoxide rings is 1. The van der Waals surface area contributed by atoms with Crippen LogP contribution in [0, 0.1) is 5.92 Å². The van der Waals surface area contributed by atoms with Crippen molar-refractivity contribution in [1.82, 2.24) is 4.90 Å². The molecule has 4 heteroatoms. The van der Waals surface area contributed by atoms with E-state index in [0.29, 0.717) is 18.1 Å². The van der Waals surface area contributed by atoms with E-state index in [1.807, 2.05) is 0 Å². The smallest absolute Gasteiger partial charge is 0.220 e. The molecule has 4 aliphatic heterocycles. The van der Waals surface area contributed by atoms with Crippen LogP contribution in [-0.4, -0.2) is 46.8 Å². The van der Waals surface area contributed by atoms with Crippen molar-refractivity contribution < 1.29 is 14.3 Å². The van der Waals surface area contributed by atoms with E-state index in [-0.39, 0.29) is 23.2 Å². The Morgan fingerprint density at radius 2 is 1.95 bits per heavy atom. The highest BCUT2D eigenvalue weighted by atomic mass is 16.7. The Morgan fingerprint density at radius 3 is 2.62 bits per heavy atom. The number of carbonyl (C=O) groups is 1. The van der Waals surface area contributed by atoms with E-state index in [9.17, 15) is 4.79 Å². The van der Waals surface area contributed by atoms with Crippen LogP contribution in [0.15, 0.2) is 0 Å². The van der Waals surface area contributed by atoms with Gasteiger partial charge < -0.3 is 14.4 Å². The molecule has 0 unspecified atom stereocenters. The summed E-state index contributed by atoms with van der Waals surface area (Å²) in [4.78, 5) is 14.6. The number of piperidine rings is 1. The molecule has 1 amide bonds. The first-order valence-corrected chi connectivity index (χ1v) is 8.76. The van der Waals surface area contributed by atoms with Crippen LogP contribution in [-0.2, 0) is 14.3 Å². The Morgan fingerprint density at radius 1 is 1.19 bits per heavy atom. The molecule has 116 valence electrons. The number of nitrogens with zero attached hydrogens (tertiary/aromatic N) is 1. The molecule has 5 aliphatic rings. The maximum atomic E-state index is 12.4. The molecule has 1 aliphatic carbocycles. The largest absolute Gasteiger partial charge is 0.364 e. The Balaban J connectivity index is 1.51. The zero-order valence-corrected chi connectivity index (χ0v) is 12.8. The van der Waals surface area contributed by atoms with E-state index in [1.165, 1.54) is 38.5 Å². The lowest BCUT2D eigenvalue weighted by atomic mass is 9.65. The Hall–Kier alpha value is -0.610. The Kier molecular flexibility index (Phi) is 2.47. The minimum absolute atomic E-state index is 0.122. The number of amides is 1. The minimum Gasteiger partial charge on any atom is -0.364 e. The normalized spacial score (nSPS) is 49.7. The van der Waals surface area contributed by atoms with Crippen molar-refractivity contribution in [2.24, 2.45) is 5.92 Å². The van der Waals surface area contributed by atoms with Gasteiger partial charge in [0, 0.05) is 12.5 Å². The van der Waals surface area contributed by atoms with Gasteiger partial charge in [0.15, 0.2) is 0 Å². The summed E-state index contributed by atoms with van der Waals surface area (Å²) in [6, 6.07) is 0. The molecule has 21 heavy (non-hydrogen) atoms. The third-order valence-electron chi connectivity index (χ3n) is 6.97. The predicted octanol–water partition coefficient (Wildman–Crippen LogP) is 2.26. The highest BCUT2D eigenvalue weighted by molar-refractivity contribution is 5.74. The number of hydrogen-bond acceptors (Lipinski definition) is 3. The van der Waals surface area contributed by atoms with Gasteiger partial charge in [-0.15, -0.1) is 0 Å². The third-order valence-corrected chi connectivity index (χ3v) is 6.97. The lowest BCUT2D eigenvalue weighted by molar-refractivity contribution is -0.164. The molecule has 1 saturated carbocycles. The number of hydrogen-bond donors (Lipinski definition) is 0. The topological polar surface area (TPSA) is 42.1 Å². The van der Waals surface area contributed by atoms with E-state index in [2.05, 4.69) is 4.90 Å². The summed E-state index contributed by atoms with van der Waals surface area (Å²) >= 11 is 0. The Labute approximate surface area is 126 Å². The maximum Gasteiger partial charge on any atom is 0.220 e. The molecule has 2 spiro atoms. The van der Waals surface area contributed by atoms with Crippen LogP contribution in [0.1, 0.15) is 58.3 Å². The third kappa shape index (κ3) is 1.56. The molecule has 4 saturated heterocycles. The second-order valence-corrected chi connectivity index (χ2v) is 8.01. The van der Waals surface area contributed by atoms with E-state index in [4.69, 9.17) is 9.47 Å². The standard InChI is InChI=1S/C17H25NO3/c1-11(19)18-10-17-12(8-13(21-17)14-15(17)20-14)9-16(18)6-4-2-3-5-7-16/h12-15H,2-10H2,1H3/t12-,13-,14+,15+,17+/m1/s1. The van der Waals surface area contributed by atoms with Crippen molar-refractivity contribution in [3.05, 3.63) is 0 Å². The molecular formula is C17H25NO3. The number of rotatable bonds is 0. The van der Waals surface area contributed by atoms with Gasteiger partial charge in [0.05, 0.1) is 12.6 Å². The SMILES string of the molecule is CC(=O)N1C[C@]23O[C@H](C[C@@H]2CC12CCCCCC2)[C@@H]1O[C@@H]13. The predicted molar refractivity (Wildman–Crippen MR) is 76.8 cm³/mol. The second kappa shape index (κ2) is 4.02. The number of ether oxygens (including phenoxy) is 2. The average Bonchev–Trinajstić information content (AvgIpc) is 3.17. The fraction of sp³-hybridized carbons (Fsp3) is 0.941. The van der Waals surface area contributed by atoms with Crippen molar-refractivity contribution in [2.45, 2.75) is 87.7 Å². The van der Waals surface area contributed by atoms with Gasteiger partial charge in [-0.25, -0.2) is 0 Å². The molecule has 0 N–H and O–H groups in total. The fourth-order valence-electron chi connectivity index (χ4n) is 6.01. The van der Waals surface area contributed by atoms with Crippen LogP contribution in [0.25, 0.3) is 0 Å². The van der Waals surface area contributed by atoms with Crippen molar-refractivity contribution in [1.29, 1.82) is 0 Å². The number of likely N-dealkylation sites (tertiary alicyclic amines) is 1. The molecule has 5 rings (SSSR count). The molecule has 0 aromatic heterocycles. The lowest BCUT2D eigenvalue weighted by Crippen LogP contribution is -2.65. The van der Waals surface area contributed by atoms with Gasteiger partial charge in [0.25, 0.3) is 0 Å². The molecule has 0 aromatic rings. The highest BCUT2D eigenvalue weighted by Crippen LogP contribution is 2.63. The van der Waals surface area contributed by atoms with Gasteiger partial charge in [0.1, 0.15) is 17.8 Å². The van der Waals surface area contributed by atoms with E-state index < -0.39 is 0 Å². The van der Waals surface area contributed by atoms with E-state index >= 15 is 0 Å². The van der Waals surface area contributed by atoms with Crippen molar-refractivity contribution >= 4 is 5.91 Å². The first-order valence-electron chi connectivity index (χ1n) is 8.76. The van der Waals surface area contributed by atoms with Crippen molar-refractivity contribution in [3.63, 3.8) is 0 Å². The summed E-state index contributed by atoms with van der Waals surface area (Å²) in [5.41, 5.74) is -0.0327.